The van der Waals surface area contributed by atoms with E-state index in [1.165, 1.54) is 0 Å². The fraction of sp³-hybridized carbons (Fsp3) is 0.523. The van der Waals surface area contributed by atoms with Crippen LogP contribution in [0.5, 0.6) is 0 Å². The zero-order chi connectivity index (χ0) is 62.4. The summed E-state index contributed by atoms with van der Waals surface area (Å²) in [5.41, 5.74) is 9.44. The van der Waals surface area contributed by atoms with Crippen molar-refractivity contribution in [2.75, 3.05) is 68.7 Å². The molecule has 88 heavy (non-hydrogen) atoms. The average molecular weight is 1280 g/mol. The monoisotopic (exact) mass is 1280 g/mol. The van der Waals surface area contributed by atoms with Crippen molar-refractivity contribution in [1.29, 1.82) is 0 Å². The topological polar surface area (TPSA) is 252 Å². The van der Waals surface area contributed by atoms with Gasteiger partial charge in [-0.15, -0.1) is 0 Å². The molecule has 6 aliphatic rings. The minimum Gasteiger partial charge on any atom is -0.356 e. The number of alkyl halides is 1. The number of hydrogen-bond donors (Lipinski definition) is 3. The van der Waals surface area contributed by atoms with Crippen LogP contribution in [0.25, 0.3) is 22.9 Å². The fourth-order valence-corrected chi connectivity index (χ4v) is 13.6. The summed E-state index contributed by atoms with van der Waals surface area (Å²) in [5.74, 6) is 4.77. The van der Waals surface area contributed by atoms with Crippen molar-refractivity contribution in [1.82, 2.24) is 71.0 Å². The van der Waals surface area contributed by atoms with Crippen LogP contribution in [0.15, 0.2) is 75.8 Å². The van der Waals surface area contributed by atoms with Crippen molar-refractivity contribution in [3.63, 3.8) is 0 Å². The summed E-state index contributed by atoms with van der Waals surface area (Å²) in [6, 6.07) is 21.8. The molecule has 6 aliphatic heterocycles. The lowest BCUT2D eigenvalue weighted by atomic mass is 9.71. The van der Waals surface area contributed by atoms with E-state index < -0.39 is 0 Å². The van der Waals surface area contributed by atoms with Crippen LogP contribution in [0.1, 0.15) is 134 Å². The molecule has 0 bridgehead atoms. The summed E-state index contributed by atoms with van der Waals surface area (Å²) < 4.78 is 10.5. The van der Waals surface area contributed by atoms with E-state index in [1.54, 1.807) is 0 Å². The number of carbonyl (C=O) groups excluding carboxylic acids is 3. The van der Waals surface area contributed by atoms with E-state index in [1.807, 2.05) is 127 Å². The number of aromatic nitrogens is 10. The maximum absolute atomic E-state index is 13.7. The van der Waals surface area contributed by atoms with Crippen LogP contribution in [0.4, 0.5) is 11.9 Å². The summed E-state index contributed by atoms with van der Waals surface area (Å²) in [7, 11) is 0. The van der Waals surface area contributed by atoms with Gasteiger partial charge in [-0.25, -0.2) is 29.9 Å². The summed E-state index contributed by atoms with van der Waals surface area (Å²) in [5, 5.41) is 18.1. The Morgan fingerprint density at radius 2 is 0.898 bits per heavy atom. The number of anilines is 2. The highest BCUT2D eigenvalue weighted by Crippen LogP contribution is 2.43. The molecule has 468 valence electrons. The van der Waals surface area contributed by atoms with Crippen molar-refractivity contribution >= 4 is 57.1 Å². The lowest BCUT2D eigenvalue weighted by Gasteiger charge is -2.46. The third-order valence-corrected chi connectivity index (χ3v) is 18.3. The number of benzene rings is 2. The third-order valence-electron chi connectivity index (χ3n) is 17.5. The van der Waals surface area contributed by atoms with Gasteiger partial charge in [0.05, 0.1) is 16.2 Å². The molecule has 6 fully saturated rings. The second-order valence-corrected chi connectivity index (χ2v) is 25.1. The number of nitrogens with zero attached hydrogens (tertiary/aromatic N) is 13. The highest BCUT2D eigenvalue weighted by Gasteiger charge is 2.47. The van der Waals surface area contributed by atoms with Gasteiger partial charge in [-0.2, -0.15) is 9.97 Å². The molecule has 3 amide bonds. The van der Waals surface area contributed by atoms with Crippen molar-refractivity contribution in [2.45, 2.75) is 144 Å². The Kier molecular flexibility index (Phi) is 22.1. The summed E-state index contributed by atoms with van der Waals surface area (Å²) >= 11 is 8.95. The van der Waals surface area contributed by atoms with Gasteiger partial charge in [0.2, 0.25) is 34.9 Å². The lowest BCUT2D eigenvalue weighted by molar-refractivity contribution is -0.148. The molecule has 0 atom stereocenters. The van der Waals surface area contributed by atoms with Gasteiger partial charge < -0.3 is 39.7 Å². The first-order valence-electron chi connectivity index (χ1n) is 30.9. The van der Waals surface area contributed by atoms with Crippen LogP contribution in [0, 0.1) is 71.6 Å². The van der Waals surface area contributed by atoms with Gasteiger partial charge in [0.25, 0.3) is 11.8 Å². The summed E-state index contributed by atoms with van der Waals surface area (Å²) in [6.45, 7) is 23.8. The number of aryl methyl sites for hydroxylation is 8. The molecule has 0 saturated carbocycles. The lowest BCUT2D eigenvalue weighted by Crippen LogP contribution is -2.53. The van der Waals surface area contributed by atoms with E-state index in [9.17, 15) is 14.4 Å². The number of halogens is 2. The molecule has 0 aliphatic carbocycles. The van der Waals surface area contributed by atoms with Crippen molar-refractivity contribution in [3.8, 4) is 22.9 Å². The number of rotatable bonds is 7. The first-order valence-corrected chi connectivity index (χ1v) is 32.4. The second-order valence-electron chi connectivity index (χ2n) is 24.2. The van der Waals surface area contributed by atoms with Gasteiger partial charge in [-0.3, -0.25) is 14.4 Å². The minimum atomic E-state index is -0.288. The predicted molar refractivity (Wildman–Crippen MR) is 343 cm³/mol. The molecular formula is C65H84BrClN16O5. The summed E-state index contributed by atoms with van der Waals surface area (Å²) in [6.07, 6.45) is 11.9. The quantitative estimate of drug-likeness (QED) is 0.0991. The minimum absolute atomic E-state index is 0.00347. The number of likely N-dealkylation sites (tertiary alicyclic amines) is 1. The SMILES string of the molecule is Cc1cc(C)nc(Cl)n1.Cc1cc(C)nc(N2CCC3(CCCN(Cc4ccccc4-c4nc(C)no4)C3=O)CC2)n1.Cc1cc(C)nc(N2CCC3(CCCNC3=O)CC2)n1.Cc1noc(-c2ccccc2CBr)n1.O=C1NCCCC12CCNCC2. The zero-order valence-corrected chi connectivity index (χ0v) is 54.6. The van der Waals surface area contributed by atoms with Gasteiger partial charge in [0, 0.05) is 103 Å². The van der Waals surface area contributed by atoms with E-state index >= 15 is 0 Å². The normalized spacial score (nSPS) is 18.3. The number of piperidine rings is 6. The molecule has 23 heteroatoms. The molecule has 5 aromatic heterocycles. The van der Waals surface area contributed by atoms with Gasteiger partial charge in [0.1, 0.15) is 0 Å². The van der Waals surface area contributed by atoms with E-state index in [2.05, 4.69) is 91.9 Å². The van der Waals surface area contributed by atoms with Crippen LogP contribution in [-0.2, 0) is 26.3 Å². The van der Waals surface area contributed by atoms with Crippen LogP contribution >= 0.6 is 27.5 Å². The fourth-order valence-electron chi connectivity index (χ4n) is 12.9. The molecule has 3 N–H and O–H groups in total. The maximum atomic E-state index is 13.7. The Morgan fingerprint density at radius 1 is 0.489 bits per heavy atom. The molecule has 13 rings (SSSR count). The van der Waals surface area contributed by atoms with Crippen LogP contribution in [0.3, 0.4) is 0 Å². The molecule has 2 aromatic carbocycles. The van der Waals surface area contributed by atoms with E-state index in [4.69, 9.17) is 20.6 Å². The Bertz CT molecular complexity index is 3400. The van der Waals surface area contributed by atoms with E-state index in [0.717, 1.165) is 210 Å². The van der Waals surface area contributed by atoms with Crippen molar-refractivity contribution < 1.29 is 23.4 Å². The molecule has 6 saturated heterocycles. The molecule has 21 nitrogen and oxygen atoms in total. The van der Waals surface area contributed by atoms with Crippen molar-refractivity contribution in [2.24, 2.45) is 16.2 Å². The number of carbonyl (C=O) groups is 3. The van der Waals surface area contributed by atoms with Gasteiger partial charge in [0.15, 0.2) is 11.6 Å². The van der Waals surface area contributed by atoms with Gasteiger partial charge in [-0.1, -0.05) is 62.6 Å². The third kappa shape index (κ3) is 16.5. The number of amides is 3. The average Bonchev–Trinajstić information content (AvgIpc) is 2.23. The van der Waals surface area contributed by atoms with E-state index in [-0.39, 0.29) is 28.1 Å². The molecule has 0 radical (unpaired) electrons. The predicted octanol–water partition coefficient (Wildman–Crippen LogP) is 10.4. The highest BCUT2D eigenvalue weighted by atomic mass is 79.9. The van der Waals surface area contributed by atoms with Gasteiger partial charge >= 0.3 is 0 Å². The largest absolute Gasteiger partial charge is 0.356 e. The Hall–Kier alpha value is -7.30. The first-order chi connectivity index (χ1) is 42.3. The Balaban J connectivity index is 0.000000142. The Morgan fingerprint density at radius 3 is 1.33 bits per heavy atom. The molecule has 7 aromatic rings. The van der Waals surface area contributed by atoms with Crippen LogP contribution in [-0.4, -0.2) is 132 Å². The first kappa shape index (κ1) is 65.2. The van der Waals surface area contributed by atoms with Crippen molar-refractivity contribution in [3.05, 3.63) is 129 Å². The smallest absolute Gasteiger partial charge is 0.258 e. The van der Waals surface area contributed by atoms with Crippen LogP contribution < -0.4 is 25.8 Å². The molecule has 3 spiro atoms. The second kappa shape index (κ2) is 29.8. The van der Waals surface area contributed by atoms with Gasteiger partial charge in [-0.05, 0) is 199 Å². The van der Waals surface area contributed by atoms with Crippen LogP contribution in [0.2, 0.25) is 5.28 Å². The van der Waals surface area contributed by atoms with E-state index in [0.29, 0.717) is 41.2 Å². The highest BCUT2D eigenvalue weighted by molar-refractivity contribution is 9.08. The molecule has 11 heterocycles. The standard InChI is InChI=1S/C25H30N6O2.C15H22N4O.C10H9BrN2O.C9H16N2O.C6H7ClN2/c1-17-15-18(2)27-24(26-17)30-13-10-25(11-14-30)9-6-12-31(23(25)32)16-20-7-4-5-8-21(20)22-28-19(3)29-33-22;1-11-10-12(2)18-14(17-11)19-8-5-15(6-9-19)4-3-7-16-13(15)20;1-7-12-10(14-13-7)9-5-3-2-4-8(9)6-11;12-8-9(2-1-5-11-8)3-6-10-7-4-9;1-4-3-5(2)9-6(7)8-4/h4-5,7-8,15H,6,9-14,16H2,1-3H3;10H,3-9H2,1-2H3,(H,16,20);2-5H,6H2,1H3;10H,1-7H2,(H,11,12);3H,1-2H3. The molecular weight excluding hydrogens is 1200 g/mol. The number of nitrogens with one attached hydrogen (secondary N) is 3. The number of hydrogen-bond acceptors (Lipinski definition) is 18. The zero-order valence-electron chi connectivity index (χ0n) is 52.2. The Labute approximate surface area is 530 Å². The molecule has 0 unspecified atom stereocenters. The maximum Gasteiger partial charge on any atom is 0.258 e. The summed E-state index contributed by atoms with van der Waals surface area (Å²) in [4.78, 5) is 78.6.